The van der Waals surface area contributed by atoms with Gasteiger partial charge in [0.05, 0.1) is 5.41 Å². The number of rotatable bonds is 3. The van der Waals surface area contributed by atoms with Crippen LogP contribution in [0.3, 0.4) is 0 Å². The molecule has 1 aromatic heterocycles. The molecule has 0 radical (unpaired) electrons. The molecule has 0 bridgehead atoms. The second kappa shape index (κ2) is 4.85. The highest BCUT2D eigenvalue weighted by atomic mass is 16.4. The van der Waals surface area contributed by atoms with Crippen molar-refractivity contribution in [3.05, 3.63) is 12.2 Å². The van der Waals surface area contributed by atoms with E-state index in [4.69, 9.17) is 0 Å². The largest absolute Gasteiger partial charge is 0.481 e. The molecule has 0 atom stereocenters. The van der Waals surface area contributed by atoms with Gasteiger partial charge in [-0.05, 0) is 12.8 Å². The van der Waals surface area contributed by atoms with Crippen LogP contribution in [-0.4, -0.2) is 25.8 Å². The van der Waals surface area contributed by atoms with Crippen molar-refractivity contribution in [1.29, 1.82) is 0 Å². The van der Waals surface area contributed by atoms with Crippen LogP contribution in [0.25, 0.3) is 0 Å². The molecule has 1 aliphatic carbocycles. The smallest absolute Gasteiger partial charge is 0.310 e. The average Bonchev–Trinajstić information content (AvgIpc) is 2.54. The average molecular weight is 237 g/mol. The molecular formula is C12H19N3O2. The van der Waals surface area contributed by atoms with Gasteiger partial charge >= 0.3 is 5.97 Å². The Balaban J connectivity index is 2.21. The van der Waals surface area contributed by atoms with Crippen LogP contribution in [0.1, 0.15) is 44.3 Å². The van der Waals surface area contributed by atoms with E-state index < -0.39 is 11.4 Å². The minimum atomic E-state index is -0.678. The Morgan fingerprint density at radius 3 is 2.53 bits per heavy atom. The van der Waals surface area contributed by atoms with Crippen LogP contribution in [0, 0.1) is 5.41 Å². The zero-order valence-electron chi connectivity index (χ0n) is 10.2. The van der Waals surface area contributed by atoms with Gasteiger partial charge in [-0.3, -0.25) is 9.48 Å². The minimum Gasteiger partial charge on any atom is -0.481 e. The van der Waals surface area contributed by atoms with Crippen molar-refractivity contribution in [1.82, 2.24) is 14.8 Å². The summed E-state index contributed by atoms with van der Waals surface area (Å²) in [6, 6.07) is 0. The molecule has 5 heteroatoms. The fraction of sp³-hybridized carbons (Fsp3) is 0.750. The lowest BCUT2D eigenvalue weighted by molar-refractivity contribution is -0.150. The highest BCUT2D eigenvalue weighted by Crippen LogP contribution is 2.37. The van der Waals surface area contributed by atoms with Gasteiger partial charge in [0, 0.05) is 13.5 Å². The van der Waals surface area contributed by atoms with Gasteiger partial charge in [0.2, 0.25) is 0 Å². The number of aryl methyl sites for hydroxylation is 1. The fourth-order valence-corrected chi connectivity index (χ4v) is 2.65. The first-order valence-corrected chi connectivity index (χ1v) is 6.20. The predicted octanol–water partition coefficient (Wildman–Crippen LogP) is 1.78. The molecule has 0 saturated heterocycles. The SMILES string of the molecule is Cn1ncnc1CC1(C(=O)O)CCCCCC1. The van der Waals surface area contributed by atoms with Crippen molar-refractivity contribution >= 4 is 5.97 Å². The molecule has 1 aromatic rings. The first kappa shape index (κ1) is 12.1. The zero-order valence-corrected chi connectivity index (χ0v) is 10.2. The quantitative estimate of drug-likeness (QED) is 0.814. The molecule has 2 rings (SSSR count). The molecule has 1 fully saturated rings. The lowest BCUT2D eigenvalue weighted by atomic mass is 9.77. The van der Waals surface area contributed by atoms with Crippen LogP contribution in [0.2, 0.25) is 0 Å². The van der Waals surface area contributed by atoms with Crippen LogP contribution in [0.5, 0.6) is 0 Å². The molecule has 0 unspecified atom stereocenters. The van der Waals surface area contributed by atoms with Crippen molar-refractivity contribution in [3.8, 4) is 0 Å². The van der Waals surface area contributed by atoms with Gasteiger partial charge in [0.1, 0.15) is 12.2 Å². The van der Waals surface area contributed by atoms with Gasteiger partial charge in [0.25, 0.3) is 0 Å². The number of carboxylic acid groups (broad SMARTS) is 1. The maximum Gasteiger partial charge on any atom is 0.310 e. The Morgan fingerprint density at radius 1 is 1.41 bits per heavy atom. The van der Waals surface area contributed by atoms with E-state index in [2.05, 4.69) is 10.1 Å². The van der Waals surface area contributed by atoms with Gasteiger partial charge < -0.3 is 5.11 Å². The van der Waals surface area contributed by atoms with Crippen molar-refractivity contribution in [2.24, 2.45) is 12.5 Å². The van der Waals surface area contributed by atoms with Crippen LogP contribution < -0.4 is 0 Å². The maximum absolute atomic E-state index is 11.6. The molecular weight excluding hydrogens is 218 g/mol. The van der Waals surface area contributed by atoms with Crippen molar-refractivity contribution in [2.45, 2.75) is 44.9 Å². The summed E-state index contributed by atoms with van der Waals surface area (Å²) in [5.74, 6) is 0.0942. The summed E-state index contributed by atoms with van der Waals surface area (Å²) < 4.78 is 1.68. The van der Waals surface area contributed by atoms with E-state index in [9.17, 15) is 9.90 Å². The Labute approximate surface area is 101 Å². The molecule has 0 aliphatic heterocycles. The fourth-order valence-electron chi connectivity index (χ4n) is 2.65. The number of hydrogen-bond acceptors (Lipinski definition) is 3. The molecule has 1 aliphatic rings. The number of aliphatic carboxylic acids is 1. The second-order valence-corrected chi connectivity index (χ2v) is 4.98. The first-order chi connectivity index (χ1) is 8.14. The van der Waals surface area contributed by atoms with Crippen molar-refractivity contribution in [3.63, 3.8) is 0 Å². The van der Waals surface area contributed by atoms with Gasteiger partial charge in [0.15, 0.2) is 0 Å². The van der Waals surface area contributed by atoms with Gasteiger partial charge in [-0.1, -0.05) is 25.7 Å². The normalized spacial score (nSPS) is 19.8. The topological polar surface area (TPSA) is 68.0 Å². The number of hydrogen-bond donors (Lipinski definition) is 1. The highest BCUT2D eigenvalue weighted by Gasteiger charge is 2.39. The third kappa shape index (κ3) is 2.48. The lowest BCUT2D eigenvalue weighted by Gasteiger charge is -2.27. The third-order valence-electron chi connectivity index (χ3n) is 3.82. The summed E-state index contributed by atoms with van der Waals surface area (Å²) in [5, 5.41) is 13.6. The molecule has 1 N–H and O–H groups in total. The molecule has 94 valence electrons. The monoisotopic (exact) mass is 237 g/mol. The Kier molecular flexibility index (Phi) is 3.45. The Morgan fingerprint density at radius 2 is 2.06 bits per heavy atom. The lowest BCUT2D eigenvalue weighted by Crippen LogP contribution is -2.34. The summed E-state index contributed by atoms with van der Waals surface area (Å²) in [6.45, 7) is 0. The van der Waals surface area contributed by atoms with Crippen LogP contribution in [-0.2, 0) is 18.3 Å². The third-order valence-corrected chi connectivity index (χ3v) is 3.82. The van der Waals surface area contributed by atoms with Gasteiger partial charge in [-0.25, -0.2) is 4.98 Å². The van der Waals surface area contributed by atoms with E-state index in [1.165, 1.54) is 6.33 Å². The summed E-state index contributed by atoms with van der Waals surface area (Å²) in [4.78, 5) is 15.8. The molecule has 0 spiro atoms. The standard InChI is InChI=1S/C12H19N3O2/c1-15-10(13-9-14-15)8-12(11(16)17)6-4-2-3-5-7-12/h9H,2-8H2,1H3,(H,16,17). The molecule has 5 nitrogen and oxygen atoms in total. The Bertz CT molecular complexity index is 392. The highest BCUT2D eigenvalue weighted by molar-refractivity contribution is 5.75. The van der Waals surface area contributed by atoms with E-state index in [1.807, 2.05) is 7.05 Å². The summed E-state index contributed by atoms with van der Waals surface area (Å²) in [7, 11) is 1.81. The molecule has 0 aromatic carbocycles. The first-order valence-electron chi connectivity index (χ1n) is 6.20. The number of aromatic nitrogens is 3. The maximum atomic E-state index is 11.6. The predicted molar refractivity (Wildman–Crippen MR) is 62.5 cm³/mol. The minimum absolute atomic E-state index is 0.499. The van der Waals surface area contributed by atoms with E-state index in [0.29, 0.717) is 6.42 Å². The van der Waals surface area contributed by atoms with Crippen LogP contribution in [0.15, 0.2) is 6.33 Å². The van der Waals surface area contributed by atoms with Gasteiger partial charge in [-0.15, -0.1) is 0 Å². The summed E-state index contributed by atoms with van der Waals surface area (Å²) >= 11 is 0. The number of nitrogens with zero attached hydrogens (tertiary/aromatic N) is 3. The number of carboxylic acids is 1. The Hall–Kier alpha value is -1.39. The van der Waals surface area contributed by atoms with E-state index >= 15 is 0 Å². The van der Waals surface area contributed by atoms with Crippen LogP contribution >= 0.6 is 0 Å². The molecule has 1 saturated carbocycles. The van der Waals surface area contributed by atoms with Crippen molar-refractivity contribution in [2.75, 3.05) is 0 Å². The second-order valence-electron chi connectivity index (χ2n) is 4.98. The summed E-state index contributed by atoms with van der Waals surface area (Å²) in [5.41, 5.74) is -0.628. The molecule has 1 heterocycles. The molecule has 17 heavy (non-hydrogen) atoms. The van der Waals surface area contributed by atoms with Gasteiger partial charge in [-0.2, -0.15) is 5.10 Å². The van der Waals surface area contributed by atoms with E-state index in [-0.39, 0.29) is 0 Å². The molecule has 0 amide bonds. The number of carbonyl (C=O) groups is 1. The zero-order chi connectivity index (χ0) is 12.3. The van der Waals surface area contributed by atoms with E-state index in [1.54, 1.807) is 4.68 Å². The van der Waals surface area contributed by atoms with Crippen LogP contribution in [0.4, 0.5) is 0 Å². The van der Waals surface area contributed by atoms with E-state index in [0.717, 1.165) is 44.3 Å². The van der Waals surface area contributed by atoms with Crippen molar-refractivity contribution < 1.29 is 9.90 Å². The summed E-state index contributed by atoms with van der Waals surface area (Å²) in [6.07, 6.45) is 7.81.